The zero-order chi connectivity index (χ0) is 37.1. The molecular formula is C36H52N4O10. The minimum absolute atomic E-state index is 0.0419. The van der Waals surface area contributed by atoms with Crippen LogP contribution in [0, 0.1) is 0 Å². The molecule has 2 heterocycles. The Balaban J connectivity index is 0.000000286. The topological polar surface area (TPSA) is 189 Å². The van der Waals surface area contributed by atoms with E-state index in [1.165, 1.54) is 9.80 Å². The van der Waals surface area contributed by atoms with Crippen molar-refractivity contribution in [3.8, 4) is 11.5 Å². The molecular weight excluding hydrogens is 648 g/mol. The first kappa shape index (κ1) is 42.0. The van der Waals surface area contributed by atoms with Gasteiger partial charge in [0.2, 0.25) is 0 Å². The number of ketones is 2. The van der Waals surface area contributed by atoms with E-state index in [1.807, 2.05) is 0 Å². The third-order valence-corrected chi connectivity index (χ3v) is 8.20. The molecule has 2 aliphatic rings. The smallest absolute Gasteiger partial charge is 0.159 e. The van der Waals surface area contributed by atoms with Crippen LogP contribution in [0.25, 0.3) is 0 Å². The van der Waals surface area contributed by atoms with E-state index in [9.17, 15) is 39.6 Å². The van der Waals surface area contributed by atoms with Crippen LogP contribution < -0.4 is 29.5 Å². The van der Waals surface area contributed by atoms with Crippen LogP contribution in [0.3, 0.4) is 0 Å². The maximum absolute atomic E-state index is 11.2. The molecule has 0 amide bonds. The highest BCUT2D eigenvalue weighted by molar-refractivity contribution is 5.94. The molecule has 4 rings (SSSR count). The first-order chi connectivity index (χ1) is 23.7. The van der Waals surface area contributed by atoms with Crippen molar-refractivity contribution in [1.29, 1.82) is 0 Å². The van der Waals surface area contributed by atoms with Crippen LogP contribution in [-0.4, -0.2) is 148 Å². The third-order valence-electron chi connectivity index (χ3n) is 8.20. The summed E-state index contributed by atoms with van der Waals surface area (Å²) in [6.45, 7) is 13.7. The molecule has 276 valence electrons. The van der Waals surface area contributed by atoms with Gasteiger partial charge in [-0.05, 0) is 88.6 Å². The number of Topliss-reactive ketones (excluding diaryl/α,β-unsaturated/α-hetero) is 2. The third kappa shape index (κ3) is 18.0. The first-order valence-corrected chi connectivity index (χ1v) is 16.7. The van der Waals surface area contributed by atoms with Gasteiger partial charge in [-0.3, -0.25) is 19.4 Å². The molecule has 2 aromatic carbocycles. The summed E-state index contributed by atoms with van der Waals surface area (Å²) >= 11 is 0. The van der Waals surface area contributed by atoms with E-state index in [0.717, 1.165) is 65.4 Å². The molecule has 2 saturated heterocycles. The Hall–Kier alpha value is -4.18. The summed E-state index contributed by atoms with van der Waals surface area (Å²) in [4.78, 5) is 48.7. The van der Waals surface area contributed by atoms with Crippen LogP contribution >= 0.6 is 0 Å². The predicted molar refractivity (Wildman–Crippen MR) is 181 cm³/mol. The standard InChI is InChI=1S/2C16H24N2O3.C4H4O4/c2*1-13(19)14-3-5-16(6-4-14)21-12-15(20)11-18-9-7-17(2)8-10-18;5-3(6)1-2-4(7)8/h2*3-6,15,20H,7-12H2,1-2H3;1-2H,(H,5,6)(H,7,8)/b;;2-1+. The summed E-state index contributed by atoms with van der Waals surface area (Å²) in [5.41, 5.74) is 1.34. The lowest BCUT2D eigenvalue weighted by atomic mass is 10.1. The maximum atomic E-state index is 11.2. The lowest BCUT2D eigenvalue weighted by molar-refractivity contribution is -0.907. The second kappa shape index (κ2) is 22.5. The number of piperazine rings is 2. The molecule has 2 fully saturated rings. The number of aliphatic carboxylic acids is 2. The Labute approximate surface area is 294 Å². The van der Waals surface area contributed by atoms with Gasteiger partial charge in [-0.15, -0.1) is 0 Å². The number of benzene rings is 2. The number of carboxylic acids is 2. The summed E-state index contributed by atoms with van der Waals surface area (Å²) < 4.78 is 11.2. The molecule has 0 saturated carbocycles. The van der Waals surface area contributed by atoms with Gasteiger partial charge in [0.1, 0.15) is 50.0 Å². The van der Waals surface area contributed by atoms with Crippen molar-refractivity contribution in [1.82, 2.24) is 9.80 Å². The molecule has 0 bridgehead atoms. The number of quaternary nitrogens is 2. The number of aliphatic hydroxyl groups excluding tert-OH is 2. The second-order valence-electron chi connectivity index (χ2n) is 12.6. The molecule has 0 radical (unpaired) electrons. The van der Waals surface area contributed by atoms with Gasteiger partial charge in [-0.1, -0.05) is 0 Å². The van der Waals surface area contributed by atoms with Gasteiger partial charge >= 0.3 is 0 Å². The summed E-state index contributed by atoms with van der Waals surface area (Å²) in [5.74, 6) is -1.64. The highest BCUT2D eigenvalue weighted by Crippen LogP contribution is 2.13. The van der Waals surface area contributed by atoms with Crippen molar-refractivity contribution < 1.29 is 58.9 Å². The number of carbonyl (C=O) groups excluding carboxylic acids is 4. The van der Waals surface area contributed by atoms with Gasteiger partial charge in [-0.25, -0.2) is 0 Å². The fraction of sp³-hybridized carbons (Fsp3) is 0.500. The summed E-state index contributed by atoms with van der Waals surface area (Å²) in [7, 11) is 4.25. The van der Waals surface area contributed by atoms with Crippen LogP contribution in [0.1, 0.15) is 34.6 Å². The predicted octanol–water partition coefficient (Wildman–Crippen LogP) is -4.04. The number of carbonyl (C=O) groups is 4. The van der Waals surface area contributed by atoms with Gasteiger partial charge in [0, 0.05) is 37.3 Å². The van der Waals surface area contributed by atoms with Crippen LogP contribution in [-0.2, 0) is 9.59 Å². The van der Waals surface area contributed by atoms with Gasteiger partial charge in [0.15, 0.2) is 11.6 Å². The molecule has 2 atom stereocenters. The highest BCUT2D eigenvalue weighted by atomic mass is 16.5. The largest absolute Gasteiger partial charge is 0.545 e. The average molecular weight is 701 g/mol. The lowest BCUT2D eigenvalue weighted by Gasteiger charge is -2.30. The molecule has 0 aromatic heterocycles. The lowest BCUT2D eigenvalue weighted by Crippen LogP contribution is -3.15. The van der Waals surface area contributed by atoms with Gasteiger partial charge in [0.05, 0.1) is 38.1 Å². The van der Waals surface area contributed by atoms with E-state index in [1.54, 1.807) is 62.4 Å². The van der Waals surface area contributed by atoms with E-state index in [4.69, 9.17) is 9.47 Å². The Morgan fingerprint density at radius 1 is 0.660 bits per heavy atom. The maximum Gasteiger partial charge on any atom is 0.159 e. The van der Waals surface area contributed by atoms with Crippen molar-refractivity contribution in [2.75, 3.05) is 92.8 Å². The number of likely N-dealkylation sites (N-methyl/N-ethyl adjacent to an activating group) is 2. The number of rotatable bonds is 14. The number of nitrogens with zero attached hydrogens (tertiary/aromatic N) is 2. The quantitative estimate of drug-likeness (QED) is 0.111. The van der Waals surface area contributed by atoms with E-state index in [2.05, 4.69) is 23.9 Å². The van der Waals surface area contributed by atoms with Crippen LogP contribution in [0.2, 0.25) is 0 Å². The Morgan fingerprint density at radius 3 is 1.22 bits per heavy atom. The number of carboxylic acid groups (broad SMARTS) is 2. The Bertz CT molecular complexity index is 1250. The van der Waals surface area contributed by atoms with Crippen molar-refractivity contribution >= 4 is 23.5 Å². The van der Waals surface area contributed by atoms with Crippen molar-refractivity contribution in [2.24, 2.45) is 0 Å². The fourth-order valence-corrected chi connectivity index (χ4v) is 5.15. The van der Waals surface area contributed by atoms with E-state index in [0.29, 0.717) is 48.0 Å². The highest BCUT2D eigenvalue weighted by Gasteiger charge is 2.21. The van der Waals surface area contributed by atoms with E-state index in [-0.39, 0.29) is 11.6 Å². The van der Waals surface area contributed by atoms with E-state index >= 15 is 0 Å². The van der Waals surface area contributed by atoms with Crippen LogP contribution in [0.4, 0.5) is 0 Å². The monoisotopic (exact) mass is 700 g/mol. The summed E-state index contributed by atoms with van der Waals surface area (Å²) in [5, 5.41) is 38.9. The number of aliphatic hydroxyl groups is 2. The molecule has 50 heavy (non-hydrogen) atoms. The molecule has 14 heteroatoms. The Morgan fingerprint density at radius 2 is 0.960 bits per heavy atom. The molecule has 2 aliphatic heterocycles. The van der Waals surface area contributed by atoms with Gasteiger partial charge in [-0.2, -0.15) is 0 Å². The van der Waals surface area contributed by atoms with Crippen molar-refractivity contribution in [3.63, 3.8) is 0 Å². The van der Waals surface area contributed by atoms with Crippen LogP contribution in [0.15, 0.2) is 60.7 Å². The van der Waals surface area contributed by atoms with Crippen LogP contribution in [0.5, 0.6) is 11.5 Å². The molecule has 0 spiro atoms. The van der Waals surface area contributed by atoms with Crippen molar-refractivity contribution in [2.45, 2.75) is 26.1 Å². The minimum Gasteiger partial charge on any atom is -0.545 e. The molecule has 14 nitrogen and oxygen atoms in total. The van der Waals surface area contributed by atoms with E-state index < -0.39 is 24.1 Å². The summed E-state index contributed by atoms with van der Waals surface area (Å²) in [6.07, 6.45) is -0.156. The van der Waals surface area contributed by atoms with Gasteiger partial charge in [0.25, 0.3) is 0 Å². The zero-order valence-electron chi connectivity index (χ0n) is 29.5. The number of hydrogen-bond donors (Lipinski definition) is 4. The Kier molecular flexibility index (Phi) is 18.9. The summed E-state index contributed by atoms with van der Waals surface area (Å²) in [6, 6.07) is 14.1. The normalized spacial score (nSPS) is 17.0. The SMILES string of the molecule is CC(=O)c1ccc(OCC(O)C[NH+]2CCN(C)CC2)cc1.CC(=O)c1ccc(OCC(O)C[NH+]2CCN(C)CC2)cc1.O=C([O-])/C=C/C(=O)[O-]. The van der Waals surface area contributed by atoms with Gasteiger partial charge < -0.3 is 49.3 Å². The molecule has 4 N–H and O–H groups in total. The molecule has 2 aromatic rings. The number of ether oxygens (including phenoxy) is 2. The second-order valence-corrected chi connectivity index (χ2v) is 12.6. The first-order valence-electron chi connectivity index (χ1n) is 16.7. The fourth-order valence-electron chi connectivity index (χ4n) is 5.15. The zero-order valence-corrected chi connectivity index (χ0v) is 29.5. The van der Waals surface area contributed by atoms with Crippen molar-refractivity contribution in [3.05, 3.63) is 71.8 Å². The molecule has 2 unspecified atom stereocenters. The number of nitrogens with one attached hydrogen (secondary N) is 2. The molecule has 0 aliphatic carbocycles. The number of hydrogen-bond acceptors (Lipinski definition) is 12. The minimum atomic E-state index is -1.55. The average Bonchev–Trinajstić information content (AvgIpc) is 3.08.